The molecular formula is C12H15BrN6O3. The number of carbonyl (C=O) groups is 1. The lowest BCUT2D eigenvalue weighted by Gasteiger charge is -2.05. The van der Waals surface area contributed by atoms with Crippen LogP contribution in [0.3, 0.4) is 0 Å². The number of aromatic nitrogens is 4. The molecule has 2 aromatic heterocycles. The van der Waals surface area contributed by atoms with Gasteiger partial charge in [-0.25, -0.2) is 0 Å². The van der Waals surface area contributed by atoms with Crippen LogP contribution in [0.4, 0.5) is 5.69 Å². The van der Waals surface area contributed by atoms with E-state index < -0.39 is 4.92 Å². The standard InChI is InChI=1S/C12H15BrN6O3/c13-10-6-15-17(8-10)4-1-3-14-12(20)2-5-18-9-11(7-16-18)19(21)22/h6-9H,1-5H2,(H,14,20). The summed E-state index contributed by atoms with van der Waals surface area (Å²) in [5.74, 6) is -0.111. The topological polar surface area (TPSA) is 108 Å². The third-order valence-corrected chi connectivity index (χ3v) is 3.30. The molecule has 0 aliphatic heterocycles. The van der Waals surface area contributed by atoms with Crippen molar-refractivity contribution in [2.75, 3.05) is 6.54 Å². The Morgan fingerprint density at radius 2 is 2.00 bits per heavy atom. The van der Waals surface area contributed by atoms with E-state index in [1.54, 1.807) is 10.9 Å². The maximum absolute atomic E-state index is 11.7. The van der Waals surface area contributed by atoms with Gasteiger partial charge in [0.2, 0.25) is 5.91 Å². The number of nitrogens with one attached hydrogen (secondary N) is 1. The van der Waals surface area contributed by atoms with Crippen LogP contribution in [0.5, 0.6) is 0 Å². The van der Waals surface area contributed by atoms with Crippen LogP contribution in [0.2, 0.25) is 0 Å². The van der Waals surface area contributed by atoms with E-state index in [1.165, 1.54) is 17.1 Å². The normalized spacial score (nSPS) is 10.6. The second-order valence-corrected chi connectivity index (χ2v) is 5.51. The second kappa shape index (κ2) is 7.69. The minimum absolute atomic E-state index is 0.0780. The summed E-state index contributed by atoms with van der Waals surface area (Å²) in [5, 5.41) is 21.2. The van der Waals surface area contributed by atoms with E-state index in [2.05, 4.69) is 31.4 Å². The predicted octanol–water partition coefficient (Wildman–Crippen LogP) is 1.35. The molecule has 0 bridgehead atoms. The molecule has 0 saturated carbocycles. The van der Waals surface area contributed by atoms with Crippen molar-refractivity contribution >= 4 is 27.5 Å². The fraction of sp³-hybridized carbons (Fsp3) is 0.417. The molecule has 22 heavy (non-hydrogen) atoms. The molecule has 0 fully saturated rings. The largest absolute Gasteiger partial charge is 0.356 e. The number of hydrogen-bond donors (Lipinski definition) is 1. The highest BCUT2D eigenvalue weighted by molar-refractivity contribution is 9.10. The smallest absolute Gasteiger partial charge is 0.306 e. The van der Waals surface area contributed by atoms with Gasteiger partial charge in [-0.3, -0.25) is 24.3 Å². The van der Waals surface area contributed by atoms with Gasteiger partial charge in [-0.05, 0) is 22.4 Å². The number of hydrogen-bond acceptors (Lipinski definition) is 5. The quantitative estimate of drug-likeness (QED) is 0.428. The van der Waals surface area contributed by atoms with Gasteiger partial charge >= 0.3 is 5.69 Å². The monoisotopic (exact) mass is 370 g/mol. The molecule has 1 N–H and O–H groups in total. The number of nitro groups is 1. The molecule has 2 rings (SSSR count). The van der Waals surface area contributed by atoms with Gasteiger partial charge in [0.05, 0.1) is 15.6 Å². The fourth-order valence-corrected chi connectivity index (χ4v) is 2.13. The lowest BCUT2D eigenvalue weighted by molar-refractivity contribution is -0.385. The third kappa shape index (κ3) is 4.95. The number of amides is 1. The summed E-state index contributed by atoms with van der Waals surface area (Å²) in [6.45, 7) is 1.58. The molecule has 0 aromatic carbocycles. The Labute approximate surface area is 134 Å². The van der Waals surface area contributed by atoms with Crippen LogP contribution in [0.25, 0.3) is 0 Å². The van der Waals surface area contributed by atoms with Crippen molar-refractivity contribution in [1.82, 2.24) is 24.9 Å². The highest BCUT2D eigenvalue weighted by atomic mass is 79.9. The molecule has 0 radical (unpaired) electrons. The zero-order valence-corrected chi connectivity index (χ0v) is 13.3. The minimum Gasteiger partial charge on any atom is -0.356 e. The number of halogens is 1. The van der Waals surface area contributed by atoms with Gasteiger partial charge in [-0.2, -0.15) is 10.2 Å². The van der Waals surface area contributed by atoms with Crippen molar-refractivity contribution in [2.24, 2.45) is 0 Å². The summed E-state index contributed by atoms with van der Waals surface area (Å²) in [5.41, 5.74) is -0.0780. The van der Waals surface area contributed by atoms with E-state index in [4.69, 9.17) is 0 Å². The fourth-order valence-electron chi connectivity index (χ4n) is 1.80. The highest BCUT2D eigenvalue weighted by Gasteiger charge is 2.09. The number of carbonyl (C=O) groups excluding carboxylic acids is 1. The zero-order valence-electron chi connectivity index (χ0n) is 11.7. The molecule has 1 amide bonds. The Kier molecular flexibility index (Phi) is 5.64. The van der Waals surface area contributed by atoms with Crippen LogP contribution in [-0.4, -0.2) is 36.9 Å². The van der Waals surface area contributed by atoms with Crippen molar-refractivity contribution in [1.29, 1.82) is 0 Å². The van der Waals surface area contributed by atoms with Gasteiger partial charge < -0.3 is 5.32 Å². The third-order valence-electron chi connectivity index (χ3n) is 2.89. The summed E-state index contributed by atoms with van der Waals surface area (Å²) >= 11 is 3.31. The number of rotatable bonds is 8. The Morgan fingerprint density at radius 3 is 2.64 bits per heavy atom. The van der Waals surface area contributed by atoms with Gasteiger partial charge in [0.25, 0.3) is 0 Å². The molecule has 0 spiro atoms. The molecular weight excluding hydrogens is 356 g/mol. The van der Waals surface area contributed by atoms with Crippen LogP contribution >= 0.6 is 15.9 Å². The van der Waals surface area contributed by atoms with Crippen molar-refractivity contribution in [3.05, 3.63) is 39.4 Å². The lowest BCUT2D eigenvalue weighted by atomic mass is 10.3. The van der Waals surface area contributed by atoms with Crippen LogP contribution in [-0.2, 0) is 17.9 Å². The summed E-state index contributed by atoms with van der Waals surface area (Å²) in [4.78, 5) is 21.6. The van der Waals surface area contributed by atoms with Crippen LogP contribution in [0, 0.1) is 10.1 Å². The summed E-state index contributed by atoms with van der Waals surface area (Å²) in [6, 6.07) is 0. The summed E-state index contributed by atoms with van der Waals surface area (Å²) < 4.78 is 4.10. The minimum atomic E-state index is -0.517. The maximum Gasteiger partial charge on any atom is 0.306 e. The van der Waals surface area contributed by atoms with Crippen molar-refractivity contribution in [2.45, 2.75) is 25.9 Å². The van der Waals surface area contributed by atoms with Crippen LogP contribution in [0.1, 0.15) is 12.8 Å². The lowest BCUT2D eigenvalue weighted by Crippen LogP contribution is -2.26. The van der Waals surface area contributed by atoms with Gasteiger partial charge in [-0.15, -0.1) is 0 Å². The Bertz CT molecular complexity index is 653. The molecule has 0 aliphatic carbocycles. The van der Waals surface area contributed by atoms with Crippen molar-refractivity contribution < 1.29 is 9.72 Å². The predicted molar refractivity (Wildman–Crippen MR) is 81.1 cm³/mol. The van der Waals surface area contributed by atoms with E-state index in [1.807, 2.05) is 6.20 Å². The van der Waals surface area contributed by atoms with Gasteiger partial charge in [0.15, 0.2) is 0 Å². The van der Waals surface area contributed by atoms with E-state index in [-0.39, 0.29) is 18.0 Å². The molecule has 10 heteroatoms. The molecule has 0 saturated heterocycles. The highest BCUT2D eigenvalue weighted by Crippen LogP contribution is 2.08. The first-order valence-corrected chi connectivity index (χ1v) is 7.45. The van der Waals surface area contributed by atoms with E-state index in [0.717, 1.165) is 17.4 Å². The van der Waals surface area contributed by atoms with Gasteiger partial charge in [-0.1, -0.05) is 0 Å². The van der Waals surface area contributed by atoms with Crippen LogP contribution < -0.4 is 5.32 Å². The average Bonchev–Trinajstić information content (AvgIpc) is 3.10. The molecule has 2 heterocycles. The Balaban J connectivity index is 1.62. The van der Waals surface area contributed by atoms with Gasteiger partial charge in [0.1, 0.15) is 12.4 Å². The van der Waals surface area contributed by atoms with Gasteiger partial charge in [0, 0.05) is 32.3 Å². The maximum atomic E-state index is 11.7. The van der Waals surface area contributed by atoms with E-state index >= 15 is 0 Å². The summed E-state index contributed by atoms with van der Waals surface area (Å²) in [6.07, 6.45) is 7.05. The molecule has 2 aromatic rings. The molecule has 0 unspecified atom stereocenters. The van der Waals surface area contributed by atoms with Crippen LogP contribution in [0.15, 0.2) is 29.3 Å². The number of aryl methyl sites for hydroxylation is 2. The molecule has 9 nitrogen and oxygen atoms in total. The Morgan fingerprint density at radius 1 is 1.27 bits per heavy atom. The molecule has 0 atom stereocenters. The number of nitrogens with zero attached hydrogens (tertiary/aromatic N) is 5. The summed E-state index contributed by atoms with van der Waals surface area (Å²) in [7, 11) is 0. The SMILES string of the molecule is O=C(CCn1cc([N+](=O)[O-])cn1)NCCCn1cc(Br)cn1. The zero-order chi connectivity index (χ0) is 15.9. The first-order chi connectivity index (χ1) is 10.5. The second-order valence-electron chi connectivity index (χ2n) is 4.59. The first-order valence-electron chi connectivity index (χ1n) is 6.66. The average molecular weight is 371 g/mol. The first kappa shape index (κ1) is 16.1. The molecule has 0 aliphatic rings. The van der Waals surface area contributed by atoms with Crippen molar-refractivity contribution in [3.8, 4) is 0 Å². The van der Waals surface area contributed by atoms with E-state index in [9.17, 15) is 14.9 Å². The van der Waals surface area contributed by atoms with E-state index in [0.29, 0.717) is 13.1 Å². The molecule has 118 valence electrons. The Hall–Kier alpha value is -2.23. The van der Waals surface area contributed by atoms with Crippen molar-refractivity contribution in [3.63, 3.8) is 0 Å².